The SMILES string of the molecule is CNC(=O)[C@@]1(C)[C@H](C)[C@@H](n2cnc3c(NCCc4ccccc4)nc(I)nc32)[C@@H]2OC(C)(C)O[C@@H]21. The highest BCUT2D eigenvalue weighted by Crippen LogP contribution is 2.57. The predicted molar refractivity (Wildman–Crippen MR) is 141 cm³/mol. The maximum absolute atomic E-state index is 13.1. The van der Waals surface area contributed by atoms with Crippen molar-refractivity contribution in [3.63, 3.8) is 0 Å². The fourth-order valence-electron chi connectivity index (χ4n) is 5.61. The van der Waals surface area contributed by atoms with Gasteiger partial charge < -0.3 is 24.7 Å². The van der Waals surface area contributed by atoms with Gasteiger partial charge in [0.1, 0.15) is 12.2 Å². The largest absolute Gasteiger partial charge is 0.368 e. The number of amides is 1. The average Bonchev–Trinajstić information content (AvgIpc) is 3.44. The number of anilines is 1. The van der Waals surface area contributed by atoms with Crippen LogP contribution in [0.1, 0.15) is 39.3 Å². The number of carbonyl (C=O) groups excluding carboxylic acids is 1. The molecule has 1 aliphatic carbocycles. The van der Waals surface area contributed by atoms with Crippen LogP contribution in [0.5, 0.6) is 0 Å². The van der Waals surface area contributed by atoms with Gasteiger partial charge >= 0.3 is 0 Å². The Labute approximate surface area is 218 Å². The summed E-state index contributed by atoms with van der Waals surface area (Å²) < 4.78 is 15.4. The van der Waals surface area contributed by atoms with E-state index in [1.807, 2.05) is 43.5 Å². The Balaban J connectivity index is 1.50. The van der Waals surface area contributed by atoms with E-state index in [1.165, 1.54) is 5.56 Å². The van der Waals surface area contributed by atoms with E-state index in [2.05, 4.69) is 57.3 Å². The number of nitrogens with zero attached hydrogens (tertiary/aromatic N) is 4. The number of hydrogen-bond acceptors (Lipinski definition) is 7. The van der Waals surface area contributed by atoms with Crippen molar-refractivity contribution >= 4 is 45.5 Å². The number of aromatic nitrogens is 4. The third-order valence-electron chi connectivity index (χ3n) is 7.50. The molecule has 9 nitrogen and oxygen atoms in total. The third-order valence-corrected chi connectivity index (χ3v) is 7.98. The maximum atomic E-state index is 13.1. The Morgan fingerprint density at radius 3 is 2.63 bits per heavy atom. The molecule has 1 saturated carbocycles. The molecule has 1 aromatic carbocycles. The van der Waals surface area contributed by atoms with Crippen molar-refractivity contribution < 1.29 is 14.3 Å². The van der Waals surface area contributed by atoms with Crippen molar-refractivity contribution in [1.29, 1.82) is 0 Å². The summed E-state index contributed by atoms with van der Waals surface area (Å²) in [4.78, 5) is 27.2. The van der Waals surface area contributed by atoms with E-state index >= 15 is 0 Å². The number of benzene rings is 1. The topological polar surface area (TPSA) is 103 Å². The molecular weight excluding hydrogens is 559 g/mol. The zero-order chi connectivity index (χ0) is 25.0. The van der Waals surface area contributed by atoms with Gasteiger partial charge in [-0.05, 0) is 38.7 Å². The lowest BCUT2D eigenvalue weighted by atomic mass is 9.77. The zero-order valence-corrected chi connectivity index (χ0v) is 22.7. The van der Waals surface area contributed by atoms with Gasteiger partial charge in [-0.15, -0.1) is 0 Å². The second-order valence-corrected chi connectivity index (χ2v) is 11.0. The number of ether oxygens (including phenoxy) is 2. The Kier molecular flexibility index (Phi) is 6.25. The normalized spacial score (nSPS) is 29.3. The standard InChI is InChI=1S/C25H31IN6O3/c1-14-17(18-19(35-24(2,3)34-18)25(14,4)22(33)27-5)32-13-29-16-20(30-23(26)31-21(16)32)28-12-11-15-9-7-6-8-10-15/h6-10,13-14,17-19H,11-12H2,1-5H3,(H,27,33)(H,28,30,31)/t14-,17-,18+,19+,25+/m1/s1. The summed E-state index contributed by atoms with van der Waals surface area (Å²) in [6.07, 6.45) is 1.96. The van der Waals surface area contributed by atoms with Gasteiger partial charge in [0.2, 0.25) is 5.91 Å². The summed E-state index contributed by atoms with van der Waals surface area (Å²) >= 11 is 2.14. The summed E-state index contributed by atoms with van der Waals surface area (Å²) in [6.45, 7) is 8.55. The van der Waals surface area contributed by atoms with E-state index < -0.39 is 11.2 Å². The van der Waals surface area contributed by atoms with Crippen LogP contribution in [-0.4, -0.2) is 57.0 Å². The van der Waals surface area contributed by atoms with Gasteiger partial charge in [0.05, 0.1) is 17.8 Å². The van der Waals surface area contributed by atoms with Crippen LogP contribution in [0.2, 0.25) is 0 Å². The molecule has 5 atom stereocenters. The summed E-state index contributed by atoms with van der Waals surface area (Å²) in [5, 5.41) is 6.28. The Morgan fingerprint density at radius 2 is 1.91 bits per heavy atom. The van der Waals surface area contributed by atoms with Crippen LogP contribution in [0.3, 0.4) is 0 Å². The summed E-state index contributed by atoms with van der Waals surface area (Å²) in [6, 6.07) is 10.1. The number of rotatable bonds is 6. The fraction of sp³-hybridized carbons (Fsp3) is 0.520. The number of nitrogens with one attached hydrogen (secondary N) is 2. The van der Waals surface area contributed by atoms with Gasteiger partial charge in [-0.25, -0.2) is 15.0 Å². The quantitative estimate of drug-likeness (QED) is 0.335. The first-order valence-electron chi connectivity index (χ1n) is 11.9. The third kappa shape index (κ3) is 4.09. The predicted octanol–water partition coefficient (Wildman–Crippen LogP) is 3.55. The number of fused-ring (bicyclic) bond motifs is 2. The number of hydrogen-bond donors (Lipinski definition) is 2. The van der Waals surface area contributed by atoms with Crippen LogP contribution < -0.4 is 10.6 Å². The van der Waals surface area contributed by atoms with Crippen LogP contribution in [0.15, 0.2) is 36.7 Å². The molecule has 0 unspecified atom stereocenters. The average molecular weight is 590 g/mol. The van der Waals surface area contributed by atoms with Crippen molar-refractivity contribution in [2.45, 2.75) is 58.2 Å². The molecule has 1 saturated heterocycles. The number of halogens is 1. The molecule has 2 N–H and O–H groups in total. The van der Waals surface area contributed by atoms with Gasteiger partial charge in [-0.3, -0.25) is 4.79 Å². The van der Waals surface area contributed by atoms with E-state index in [4.69, 9.17) is 19.4 Å². The lowest BCUT2D eigenvalue weighted by molar-refractivity contribution is -0.178. The smallest absolute Gasteiger partial charge is 0.228 e. The minimum atomic E-state index is -0.785. The molecule has 1 aliphatic heterocycles. The molecular formula is C25H31IN6O3. The highest BCUT2D eigenvalue weighted by molar-refractivity contribution is 14.1. The van der Waals surface area contributed by atoms with Crippen molar-refractivity contribution in [1.82, 2.24) is 24.8 Å². The first-order valence-corrected chi connectivity index (χ1v) is 13.0. The van der Waals surface area contributed by atoms with Crippen LogP contribution in [0.4, 0.5) is 5.82 Å². The van der Waals surface area contributed by atoms with Gasteiger partial charge in [-0.2, -0.15) is 0 Å². The molecule has 10 heteroatoms. The molecule has 0 spiro atoms. The molecule has 186 valence electrons. The number of imidazole rings is 1. The van der Waals surface area contributed by atoms with E-state index in [1.54, 1.807) is 13.4 Å². The van der Waals surface area contributed by atoms with E-state index in [-0.39, 0.29) is 30.1 Å². The molecule has 3 aromatic rings. The van der Waals surface area contributed by atoms with Crippen molar-refractivity contribution in [2.75, 3.05) is 18.9 Å². The Bertz CT molecular complexity index is 1250. The molecule has 35 heavy (non-hydrogen) atoms. The van der Waals surface area contributed by atoms with E-state index in [0.717, 1.165) is 18.6 Å². The lowest BCUT2D eigenvalue weighted by Gasteiger charge is -2.35. The summed E-state index contributed by atoms with van der Waals surface area (Å²) in [5.41, 5.74) is 1.90. The fourth-order valence-corrected chi connectivity index (χ4v) is 6.08. The first-order chi connectivity index (χ1) is 16.7. The van der Waals surface area contributed by atoms with Crippen LogP contribution in [0, 0.1) is 15.2 Å². The molecule has 5 rings (SSSR count). The molecule has 3 heterocycles. The highest BCUT2D eigenvalue weighted by atomic mass is 127. The molecule has 2 fully saturated rings. The zero-order valence-electron chi connectivity index (χ0n) is 20.6. The molecule has 2 aromatic heterocycles. The second-order valence-electron chi connectivity index (χ2n) is 9.99. The Hall–Kier alpha value is -2.31. The second kappa shape index (κ2) is 8.97. The lowest BCUT2D eigenvalue weighted by Crippen LogP contribution is -2.48. The Morgan fingerprint density at radius 1 is 1.17 bits per heavy atom. The maximum Gasteiger partial charge on any atom is 0.228 e. The summed E-state index contributed by atoms with van der Waals surface area (Å²) in [5.74, 6) is -0.226. The van der Waals surface area contributed by atoms with Crippen LogP contribution in [0.25, 0.3) is 11.2 Å². The monoisotopic (exact) mass is 590 g/mol. The molecule has 0 bridgehead atoms. The molecule has 2 aliphatic rings. The van der Waals surface area contributed by atoms with E-state index in [9.17, 15) is 4.79 Å². The minimum absolute atomic E-state index is 0.0549. The van der Waals surface area contributed by atoms with Crippen molar-refractivity contribution in [3.05, 3.63) is 46.1 Å². The number of carbonyl (C=O) groups is 1. The van der Waals surface area contributed by atoms with Crippen molar-refractivity contribution in [3.8, 4) is 0 Å². The van der Waals surface area contributed by atoms with Gasteiger partial charge in [-0.1, -0.05) is 37.3 Å². The van der Waals surface area contributed by atoms with Crippen molar-refractivity contribution in [2.24, 2.45) is 11.3 Å². The molecule has 1 amide bonds. The minimum Gasteiger partial charge on any atom is -0.368 e. The summed E-state index contributed by atoms with van der Waals surface area (Å²) in [7, 11) is 1.67. The highest BCUT2D eigenvalue weighted by Gasteiger charge is 2.66. The van der Waals surface area contributed by atoms with E-state index in [0.29, 0.717) is 15.2 Å². The van der Waals surface area contributed by atoms with Crippen LogP contribution >= 0.6 is 22.6 Å². The first kappa shape index (κ1) is 24.4. The van der Waals surface area contributed by atoms with Gasteiger partial charge in [0.25, 0.3) is 0 Å². The van der Waals surface area contributed by atoms with Gasteiger partial charge in [0.15, 0.2) is 26.6 Å². The molecule has 0 radical (unpaired) electrons. The van der Waals surface area contributed by atoms with Crippen LogP contribution in [-0.2, 0) is 20.7 Å². The van der Waals surface area contributed by atoms with Gasteiger partial charge in [0, 0.05) is 36.2 Å².